The number of nitrogens with one attached hydrogen (secondary N) is 1. The fraction of sp³-hybridized carbons (Fsp3) is 0.280. The number of carbonyl (C=O) groups excluding carboxylic acids is 2. The van der Waals surface area contributed by atoms with E-state index in [9.17, 15) is 9.59 Å². The second-order valence-electron chi connectivity index (χ2n) is 8.40. The van der Waals surface area contributed by atoms with Crippen LogP contribution in [-0.4, -0.2) is 42.9 Å². The Kier molecular flexibility index (Phi) is 7.41. The highest BCUT2D eigenvalue weighted by Gasteiger charge is 2.25. The quantitative estimate of drug-likeness (QED) is 0.419. The lowest BCUT2D eigenvalue weighted by Gasteiger charge is -2.37. The molecule has 0 atom stereocenters. The first-order chi connectivity index (χ1) is 16.2. The summed E-state index contributed by atoms with van der Waals surface area (Å²) < 4.78 is 5.77. The van der Waals surface area contributed by atoms with Gasteiger partial charge < -0.3 is 19.5 Å². The smallest absolute Gasteiger partial charge is 0.291 e. The summed E-state index contributed by atoms with van der Waals surface area (Å²) in [6.07, 6.45) is 0. The predicted octanol–water partition coefficient (Wildman–Crippen LogP) is 6.46. The third-order valence-corrected chi connectivity index (χ3v) is 6.28. The Balaban J connectivity index is 1.50. The largest absolute Gasteiger partial charge is 0.451 e. The van der Waals surface area contributed by atoms with Crippen molar-refractivity contribution in [3.05, 3.63) is 69.4 Å². The molecule has 3 aromatic rings. The molecule has 0 radical (unpaired) electrons. The molecule has 6 nitrogen and oxygen atoms in total. The fourth-order valence-corrected chi connectivity index (χ4v) is 4.61. The molecule has 2 aromatic carbocycles. The van der Waals surface area contributed by atoms with E-state index in [2.05, 4.69) is 10.2 Å². The molecule has 2 amide bonds. The number of piperazine rings is 1. The monoisotopic (exact) mass is 519 g/mol. The molecule has 0 unspecified atom stereocenters. The molecule has 1 aromatic heterocycles. The molecule has 178 valence electrons. The number of halogens is 3. The number of benzene rings is 2. The molecule has 1 aliphatic rings. The predicted molar refractivity (Wildman–Crippen MR) is 137 cm³/mol. The number of hydrogen-bond acceptors (Lipinski definition) is 4. The minimum Gasteiger partial charge on any atom is -0.451 e. The third kappa shape index (κ3) is 5.52. The molecule has 1 fully saturated rings. The van der Waals surface area contributed by atoms with Gasteiger partial charge in [0.2, 0.25) is 5.91 Å². The van der Waals surface area contributed by atoms with E-state index in [0.717, 1.165) is 5.69 Å². The number of anilines is 2. The highest BCUT2D eigenvalue weighted by molar-refractivity contribution is 6.35. The molecule has 0 bridgehead atoms. The van der Waals surface area contributed by atoms with E-state index >= 15 is 0 Å². The third-order valence-electron chi connectivity index (χ3n) is 5.61. The van der Waals surface area contributed by atoms with Crippen LogP contribution in [0.1, 0.15) is 24.4 Å². The summed E-state index contributed by atoms with van der Waals surface area (Å²) in [6, 6.07) is 13.7. The van der Waals surface area contributed by atoms with Crippen molar-refractivity contribution in [3.63, 3.8) is 0 Å². The number of carbonyl (C=O) groups is 2. The summed E-state index contributed by atoms with van der Waals surface area (Å²) in [7, 11) is 0. The Bertz CT molecular complexity index is 1200. The van der Waals surface area contributed by atoms with Crippen molar-refractivity contribution in [2.24, 2.45) is 5.92 Å². The van der Waals surface area contributed by atoms with Gasteiger partial charge in [-0.15, -0.1) is 0 Å². The van der Waals surface area contributed by atoms with Crippen LogP contribution in [0.3, 0.4) is 0 Å². The topological polar surface area (TPSA) is 65.8 Å². The summed E-state index contributed by atoms with van der Waals surface area (Å²) in [5.41, 5.74) is 2.08. The summed E-state index contributed by atoms with van der Waals surface area (Å²) in [4.78, 5) is 29.3. The molecule has 1 N–H and O–H groups in total. The average molecular weight is 521 g/mol. The van der Waals surface area contributed by atoms with E-state index in [1.54, 1.807) is 42.5 Å². The van der Waals surface area contributed by atoms with Gasteiger partial charge in [-0.3, -0.25) is 9.59 Å². The second-order valence-corrected chi connectivity index (χ2v) is 9.71. The molecule has 34 heavy (non-hydrogen) atoms. The van der Waals surface area contributed by atoms with Gasteiger partial charge in [-0.05, 0) is 48.5 Å². The molecule has 1 aliphatic heterocycles. The van der Waals surface area contributed by atoms with Crippen LogP contribution in [0.2, 0.25) is 15.1 Å². The minimum absolute atomic E-state index is 0.0296. The lowest BCUT2D eigenvalue weighted by molar-refractivity contribution is -0.134. The van der Waals surface area contributed by atoms with E-state index in [4.69, 9.17) is 39.2 Å². The zero-order valence-corrected chi connectivity index (χ0v) is 21.0. The molecular formula is C25H24Cl3N3O3. The van der Waals surface area contributed by atoms with Gasteiger partial charge in [0.05, 0.1) is 11.4 Å². The van der Waals surface area contributed by atoms with Crippen molar-refractivity contribution in [1.29, 1.82) is 0 Å². The summed E-state index contributed by atoms with van der Waals surface area (Å²) in [5.74, 6) is 0.338. The Morgan fingerprint density at radius 1 is 0.882 bits per heavy atom. The number of rotatable bonds is 5. The van der Waals surface area contributed by atoms with Gasteiger partial charge in [0.25, 0.3) is 5.91 Å². The van der Waals surface area contributed by atoms with Gasteiger partial charge in [-0.25, -0.2) is 0 Å². The number of hydrogen-bond donors (Lipinski definition) is 1. The standard InChI is InChI=1S/C25H24Cl3N3O3/c1-15(2)25(33)31-9-7-30(8-10-31)21-4-3-17(26)14-20(21)29-24(32)23-6-5-22(34-23)16-11-18(27)13-19(28)12-16/h3-6,11-15H,7-10H2,1-2H3,(H,29,32). The second kappa shape index (κ2) is 10.3. The van der Waals surface area contributed by atoms with Crippen LogP contribution in [0.4, 0.5) is 11.4 Å². The maximum absolute atomic E-state index is 13.0. The van der Waals surface area contributed by atoms with Gasteiger partial charge in [0.15, 0.2) is 5.76 Å². The van der Waals surface area contributed by atoms with Crippen molar-refractivity contribution in [2.45, 2.75) is 13.8 Å². The molecule has 2 heterocycles. The first-order valence-electron chi connectivity index (χ1n) is 10.9. The van der Waals surface area contributed by atoms with Crippen LogP contribution in [0, 0.1) is 5.92 Å². The molecule has 0 aliphatic carbocycles. The minimum atomic E-state index is -0.406. The normalized spacial score (nSPS) is 13.9. The Hall–Kier alpha value is -2.67. The van der Waals surface area contributed by atoms with Gasteiger partial charge in [-0.2, -0.15) is 0 Å². The molecule has 4 rings (SSSR count). The van der Waals surface area contributed by atoms with Crippen LogP contribution >= 0.6 is 34.8 Å². The Morgan fingerprint density at radius 2 is 1.56 bits per heavy atom. The van der Waals surface area contributed by atoms with Crippen LogP contribution < -0.4 is 10.2 Å². The highest BCUT2D eigenvalue weighted by atomic mass is 35.5. The molecule has 0 spiro atoms. The first-order valence-corrected chi connectivity index (χ1v) is 12.1. The molecule has 9 heteroatoms. The summed E-state index contributed by atoms with van der Waals surface area (Å²) in [6.45, 7) is 6.37. The summed E-state index contributed by atoms with van der Waals surface area (Å²) >= 11 is 18.4. The van der Waals surface area contributed by atoms with Gasteiger partial charge in [-0.1, -0.05) is 48.7 Å². The van der Waals surface area contributed by atoms with E-state index < -0.39 is 5.91 Å². The zero-order valence-electron chi connectivity index (χ0n) is 18.8. The fourth-order valence-electron chi connectivity index (χ4n) is 3.91. The number of nitrogens with zero attached hydrogens (tertiary/aromatic N) is 2. The maximum Gasteiger partial charge on any atom is 0.291 e. The number of amides is 2. The van der Waals surface area contributed by atoms with Crippen LogP contribution in [0.25, 0.3) is 11.3 Å². The van der Waals surface area contributed by atoms with Crippen molar-refractivity contribution in [2.75, 3.05) is 36.4 Å². The van der Waals surface area contributed by atoms with Crippen LogP contribution in [0.15, 0.2) is 52.9 Å². The summed E-state index contributed by atoms with van der Waals surface area (Å²) in [5, 5.41) is 4.37. The lowest BCUT2D eigenvalue weighted by atomic mass is 10.1. The maximum atomic E-state index is 13.0. The van der Waals surface area contributed by atoms with Gasteiger partial charge in [0.1, 0.15) is 5.76 Å². The Labute approximate surface area is 213 Å². The number of furan rings is 1. The lowest BCUT2D eigenvalue weighted by Crippen LogP contribution is -2.50. The van der Waals surface area contributed by atoms with Crippen molar-refractivity contribution in [1.82, 2.24) is 4.90 Å². The average Bonchev–Trinajstić information content (AvgIpc) is 3.29. The van der Waals surface area contributed by atoms with Crippen LogP contribution in [-0.2, 0) is 4.79 Å². The van der Waals surface area contributed by atoms with E-state index in [1.807, 2.05) is 24.8 Å². The highest BCUT2D eigenvalue weighted by Crippen LogP contribution is 2.32. The van der Waals surface area contributed by atoms with E-state index in [0.29, 0.717) is 58.3 Å². The van der Waals surface area contributed by atoms with E-state index in [1.165, 1.54) is 0 Å². The van der Waals surface area contributed by atoms with Gasteiger partial charge in [0, 0.05) is 52.7 Å². The van der Waals surface area contributed by atoms with Crippen molar-refractivity contribution < 1.29 is 14.0 Å². The molecular weight excluding hydrogens is 497 g/mol. The first kappa shape index (κ1) is 24.5. The van der Waals surface area contributed by atoms with Crippen molar-refractivity contribution in [3.8, 4) is 11.3 Å². The molecule has 1 saturated heterocycles. The zero-order chi connectivity index (χ0) is 24.4. The van der Waals surface area contributed by atoms with E-state index in [-0.39, 0.29) is 17.6 Å². The van der Waals surface area contributed by atoms with Gasteiger partial charge >= 0.3 is 0 Å². The van der Waals surface area contributed by atoms with Crippen molar-refractivity contribution >= 4 is 58.0 Å². The molecule has 0 saturated carbocycles. The van der Waals surface area contributed by atoms with Crippen LogP contribution in [0.5, 0.6) is 0 Å². The Morgan fingerprint density at radius 3 is 2.21 bits per heavy atom. The SMILES string of the molecule is CC(C)C(=O)N1CCN(c2ccc(Cl)cc2NC(=O)c2ccc(-c3cc(Cl)cc(Cl)c3)o2)CC1.